The molecule has 0 saturated heterocycles. The van der Waals surface area contributed by atoms with E-state index in [0.29, 0.717) is 6.54 Å². The summed E-state index contributed by atoms with van der Waals surface area (Å²) in [7, 11) is 0. The molecule has 3 heterocycles. The molecule has 2 N–H and O–H groups in total. The van der Waals surface area contributed by atoms with Gasteiger partial charge in [0.15, 0.2) is 11.5 Å². The van der Waals surface area contributed by atoms with Gasteiger partial charge >= 0.3 is 0 Å². The Morgan fingerprint density at radius 2 is 2.10 bits per heavy atom. The Morgan fingerprint density at radius 3 is 2.95 bits per heavy atom. The first kappa shape index (κ1) is 12.2. The number of pyridine rings is 1. The number of aryl methyl sites for hydroxylation is 1. The molecule has 0 aliphatic carbocycles. The van der Waals surface area contributed by atoms with Crippen molar-refractivity contribution >= 4 is 5.65 Å². The maximum atomic E-state index is 5.80. The summed E-state index contributed by atoms with van der Waals surface area (Å²) in [5.41, 5.74) is 10.8. The van der Waals surface area contributed by atoms with Gasteiger partial charge in [-0.25, -0.2) is 4.98 Å². The van der Waals surface area contributed by atoms with Gasteiger partial charge in [-0.1, -0.05) is 6.07 Å². The zero-order valence-electron chi connectivity index (χ0n) is 11.7. The first-order valence-corrected chi connectivity index (χ1v) is 6.84. The lowest BCUT2D eigenvalue weighted by Gasteiger charge is -2.02. The Morgan fingerprint density at radius 1 is 1.24 bits per heavy atom. The van der Waals surface area contributed by atoms with E-state index in [1.807, 2.05) is 36.5 Å². The van der Waals surface area contributed by atoms with E-state index in [4.69, 9.17) is 20.2 Å². The molecule has 3 aromatic rings. The van der Waals surface area contributed by atoms with Crippen LogP contribution in [-0.2, 0) is 6.54 Å². The average molecular weight is 281 g/mol. The number of hydrogen-bond acceptors (Lipinski definition) is 4. The van der Waals surface area contributed by atoms with Crippen LogP contribution in [-0.4, -0.2) is 16.2 Å². The zero-order chi connectivity index (χ0) is 14.4. The number of benzene rings is 1. The highest BCUT2D eigenvalue weighted by molar-refractivity contribution is 5.70. The molecule has 0 bridgehead atoms. The maximum Gasteiger partial charge on any atom is 0.231 e. The molecule has 0 amide bonds. The lowest BCUT2D eigenvalue weighted by Crippen LogP contribution is -1.99. The average Bonchev–Trinajstić information content (AvgIpc) is 3.11. The standard InChI is InChI=1S/C16H15N3O2/c1-10-15(11-4-5-13-14(7-11)21-9-20-13)18-16-12(8-17)3-2-6-19(10)16/h2-7H,8-9,17H2,1H3. The summed E-state index contributed by atoms with van der Waals surface area (Å²) in [5.74, 6) is 1.55. The van der Waals surface area contributed by atoms with Crippen LogP contribution >= 0.6 is 0 Å². The first-order chi connectivity index (χ1) is 10.3. The van der Waals surface area contributed by atoms with Crippen molar-refractivity contribution in [1.82, 2.24) is 9.38 Å². The largest absolute Gasteiger partial charge is 0.454 e. The van der Waals surface area contributed by atoms with Gasteiger partial charge < -0.3 is 19.6 Å². The van der Waals surface area contributed by atoms with Gasteiger partial charge in [0, 0.05) is 29.6 Å². The van der Waals surface area contributed by atoms with Gasteiger partial charge in [-0.05, 0) is 31.2 Å². The summed E-state index contributed by atoms with van der Waals surface area (Å²) in [6.07, 6.45) is 2.01. The van der Waals surface area contributed by atoms with Gasteiger partial charge in [0.05, 0.1) is 5.69 Å². The number of nitrogens with two attached hydrogens (primary N) is 1. The third-order valence-electron chi connectivity index (χ3n) is 3.84. The highest BCUT2D eigenvalue weighted by atomic mass is 16.7. The molecule has 1 aromatic carbocycles. The quantitative estimate of drug-likeness (QED) is 0.784. The summed E-state index contributed by atoms with van der Waals surface area (Å²) in [6, 6.07) is 9.90. The van der Waals surface area contributed by atoms with Crippen molar-refractivity contribution in [3.8, 4) is 22.8 Å². The molecule has 1 aliphatic rings. The fraction of sp³-hybridized carbons (Fsp3) is 0.188. The molecular weight excluding hydrogens is 266 g/mol. The van der Waals surface area contributed by atoms with E-state index in [-0.39, 0.29) is 6.79 Å². The van der Waals surface area contributed by atoms with Crippen LogP contribution in [0.1, 0.15) is 11.3 Å². The van der Waals surface area contributed by atoms with Crippen LogP contribution in [0.3, 0.4) is 0 Å². The molecule has 0 spiro atoms. The van der Waals surface area contributed by atoms with Gasteiger partial charge in [0.2, 0.25) is 6.79 Å². The predicted octanol–water partition coefficient (Wildman–Crippen LogP) is 2.50. The minimum Gasteiger partial charge on any atom is -0.454 e. The van der Waals surface area contributed by atoms with E-state index in [9.17, 15) is 0 Å². The summed E-state index contributed by atoms with van der Waals surface area (Å²) >= 11 is 0. The van der Waals surface area contributed by atoms with Crippen molar-refractivity contribution in [1.29, 1.82) is 0 Å². The first-order valence-electron chi connectivity index (χ1n) is 6.84. The topological polar surface area (TPSA) is 61.8 Å². The molecule has 2 aromatic heterocycles. The highest BCUT2D eigenvalue weighted by Crippen LogP contribution is 2.36. The zero-order valence-corrected chi connectivity index (χ0v) is 11.7. The number of aromatic nitrogens is 2. The SMILES string of the molecule is Cc1c(-c2ccc3c(c2)OCO3)nc2c(CN)cccn12. The Bertz CT molecular complexity index is 839. The number of rotatable bonds is 2. The number of imidazole rings is 1. The molecule has 21 heavy (non-hydrogen) atoms. The van der Waals surface area contributed by atoms with Crippen molar-refractivity contribution in [2.75, 3.05) is 6.79 Å². The normalized spacial score (nSPS) is 13.0. The molecule has 5 nitrogen and oxygen atoms in total. The number of nitrogens with zero attached hydrogens (tertiary/aromatic N) is 2. The van der Waals surface area contributed by atoms with Gasteiger partial charge in [0.25, 0.3) is 0 Å². The summed E-state index contributed by atoms with van der Waals surface area (Å²) in [4.78, 5) is 4.77. The van der Waals surface area contributed by atoms with Crippen molar-refractivity contribution in [3.05, 3.63) is 47.8 Å². The predicted molar refractivity (Wildman–Crippen MR) is 79.4 cm³/mol. The molecule has 0 fully saturated rings. The van der Waals surface area contributed by atoms with Crippen molar-refractivity contribution < 1.29 is 9.47 Å². The summed E-state index contributed by atoms with van der Waals surface area (Å²) in [5, 5.41) is 0. The van der Waals surface area contributed by atoms with Gasteiger partial charge in [-0.3, -0.25) is 0 Å². The van der Waals surface area contributed by atoms with Crippen LogP contribution in [0.4, 0.5) is 0 Å². The number of ether oxygens (including phenoxy) is 2. The Kier molecular flexibility index (Phi) is 2.62. The van der Waals surface area contributed by atoms with Gasteiger partial charge in [-0.2, -0.15) is 0 Å². The minimum absolute atomic E-state index is 0.278. The van der Waals surface area contributed by atoms with Crippen LogP contribution in [0.5, 0.6) is 11.5 Å². The monoisotopic (exact) mass is 281 g/mol. The maximum absolute atomic E-state index is 5.80. The smallest absolute Gasteiger partial charge is 0.231 e. The van der Waals surface area contributed by atoms with Crippen molar-refractivity contribution in [3.63, 3.8) is 0 Å². The molecule has 0 atom stereocenters. The van der Waals surface area contributed by atoms with Crippen LogP contribution in [0.25, 0.3) is 16.9 Å². The highest BCUT2D eigenvalue weighted by Gasteiger charge is 2.17. The van der Waals surface area contributed by atoms with Gasteiger partial charge in [-0.15, -0.1) is 0 Å². The molecular formula is C16H15N3O2. The van der Waals surface area contributed by atoms with Crippen LogP contribution < -0.4 is 15.2 Å². The van der Waals surface area contributed by atoms with Crippen molar-refractivity contribution in [2.45, 2.75) is 13.5 Å². The van der Waals surface area contributed by atoms with E-state index < -0.39 is 0 Å². The van der Waals surface area contributed by atoms with E-state index >= 15 is 0 Å². The lowest BCUT2D eigenvalue weighted by atomic mass is 10.1. The van der Waals surface area contributed by atoms with Crippen LogP contribution in [0, 0.1) is 6.92 Å². The van der Waals surface area contributed by atoms with Gasteiger partial charge in [0.1, 0.15) is 5.65 Å². The molecule has 5 heteroatoms. The van der Waals surface area contributed by atoms with E-state index in [2.05, 4.69) is 11.3 Å². The summed E-state index contributed by atoms with van der Waals surface area (Å²) in [6.45, 7) is 2.81. The molecule has 1 aliphatic heterocycles. The Labute approximate surface area is 121 Å². The minimum atomic E-state index is 0.278. The summed E-state index contributed by atoms with van der Waals surface area (Å²) < 4.78 is 12.9. The van der Waals surface area contributed by atoms with Crippen LogP contribution in [0.2, 0.25) is 0 Å². The Balaban J connectivity index is 1.92. The number of fused-ring (bicyclic) bond motifs is 2. The fourth-order valence-corrected chi connectivity index (χ4v) is 2.72. The second-order valence-corrected chi connectivity index (χ2v) is 5.05. The second kappa shape index (κ2) is 4.49. The molecule has 0 saturated carbocycles. The van der Waals surface area contributed by atoms with Crippen molar-refractivity contribution in [2.24, 2.45) is 5.73 Å². The fourth-order valence-electron chi connectivity index (χ4n) is 2.72. The Hall–Kier alpha value is -2.53. The third-order valence-corrected chi connectivity index (χ3v) is 3.84. The number of hydrogen-bond donors (Lipinski definition) is 1. The second-order valence-electron chi connectivity index (χ2n) is 5.05. The third kappa shape index (κ3) is 1.78. The van der Waals surface area contributed by atoms with E-state index in [1.54, 1.807) is 0 Å². The molecule has 0 radical (unpaired) electrons. The van der Waals surface area contributed by atoms with E-state index in [1.165, 1.54) is 0 Å². The molecule has 106 valence electrons. The molecule has 0 unspecified atom stereocenters. The lowest BCUT2D eigenvalue weighted by molar-refractivity contribution is 0.174. The van der Waals surface area contributed by atoms with E-state index in [0.717, 1.165) is 39.7 Å². The molecule has 4 rings (SSSR count). The van der Waals surface area contributed by atoms with Crippen LogP contribution in [0.15, 0.2) is 36.5 Å².